The summed E-state index contributed by atoms with van der Waals surface area (Å²) in [6.45, 7) is 6.63. The molecule has 0 spiro atoms. The molecule has 0 aromatic carbocycles. The number of hydrogen-bond acceptors (Lipinski definition) is 6. The standard InChI is InChI=1S/C69H124O6/c1-4-7-10-13-16-19-22-25-27-29-31-32-33-34-35-36-37-38-39-41-42-44-47-50-53-56-59-62-68(71)74-65-66(64-73-67(70)61-58-55-52-49-46-24-21-18-15-12-9-6-3)75-69(72)63-60-57-54-51-48-45-43-40-30-28-26-23-20-17-14-11-8-5-2/h18,21-22,25,28-31,33-34,66H,4-17,19-20,23-24,26-27,32,35-65H2,1-3H3/b21-18-,25-22-,30-28-,31-29-,34-33-. The normalized spacial score (nSPS) is 12.4. The third-order valence-electron chi connectivity index (χ3n) is 14.5. The van der Waals surface area contributed by atoms with E-state index < -0.39 is 6.10 Å². The fourth-order valence-electron chi connectivity index (χ4n) is 9.50. The van der Waals surface area contributed by atoms with Crippen molar-refractivity contribution in [2.24, 2.45) is 0 Å². The molecule has 6 heteroatoms. The Kier molecular flexibility index (Phi) is 61.2. The highest BCUT2D eigenvalue weighted by Gasteiger charge is 2.19. The number of carbonyl (C=O) groups excluding carboxylic acids is 3. The van der Waals surface area contributed by atoms with Crippen LogP contribution < -0.4 is 0 Å². The number of rotatable bonds is 60. The van der Waals surface area contributed by atoms with Crippen LogP contribution in [0.1, 0.15) is 342 Å². The van der Waals surface area contributed by atoms with Crippen LogP contribution >= 0.6 is 0 Å². The zero-order chi connectivity index (χ0) is 54.3. The lowest BCUT2D eigenvalue weighted by molar-refractivity contribution is -0.167. The first-order valence-electron chi connectivity index (χ1n) is 32.8. The smallest absolute Gasteiger partial charge is 0.306 e. The van der Waals surface area contributed by atoms with Crippen molar-refractivity contribution < 1.29 is 28.6 Å². The average Bonchev–Trinajstić information content (AvgIpc) is 3.41. The van der Waals surface area contributed by atoms with Crippen LogP contribution in [0.25, 0.3) is 0 Å². The maximum Gasteiger partial charge on any atom is 0.306 e. The summed E-state index contributed by atoms with van der Waals surface area (Å²) >= 11 is 0. The topological polar surface area (TPSA) is 78.9 Å². The minimum Gasteiger partial charge on any atom is -0.462 e. The van der Waals surface area contributed by atoms with Gasteiger partial charge in [0.25, 0.3) is 0 Å². The quantitative estimate of drug-likeness (QED) is 0.0261. The molecule has 0 N–H and O–H groups in total. The molecule has 0 aromatic heterocycles. The van der Waals surface area contributed by atoms with Gasteiger partial charge in [-0.25, -0.2) is 0 Å². The van der Waals surface area contributed by atoms with Crippen LogP contribution in [0.15, 0.2) is 60.8 Å². The van der Waals surface area contributed by atoms with Gasteiger partial charge in [0.15, 0.2) is 6.10 Å². The fraction of sp³-hybridized carbons (Fsp3) is 0.812. The first kappa shape index (κ1) is 72.1. The molecule has 6 nitrogen and oxygen atoms in total. The van der Waals surface area contributed by atoms with Gasteiger partial charge in [0, 0.05) is 19.3 Å². The molecule has 75 heavy (non-hydrogen) atoms. The third-order valence-corrected chi connectivity index (χ3v) is 14.5. The van der Waals surface area contributed by atoms with Crippen LogP contribution in [-0.4, -0.2) is 37.2 Å². The van der Waals surface area contributed by atoms with Gasteiger partial charge in [-0.05, 0) is 109 Å². The van der Waals surface area contributed by atoms with Gasteiger partial charge in [0.1, 0.15) is 13.2 Å². The van der Waals surface area contributed by atoms with Gasteiger partial charge in [-0.15, -0.1) is 0 Å². The van der Waals surface area contributed by atoms with Crippen molar-refractivity contribution in [2.45, 2.75) is 348 Å². The van der Waals surface area contributed by atoms with Gasteiger partial charge >= 0.3 is 17.9 Å². The number of esters is 3. The molecule has 0 saturated carbocycles. The number of ether oxygens (including phenoxy) is 3. The zero-order valence-corrected chi connectivity index (χ0v) is 50.1. The summed E-state index contributed by atoms with van der Waals surface area (Å²) in [5.74, 6) is -0.877. The van der Waals surface area contributed by atoms with Gasteiger partial charge < -0.3 is 14.2 Å². The van der Waals surface area contributed by atoms with E-state index >= 15 is 0 Å². The Hall–Kier alpha value is -2.89. The van der Waals surface area contributed by atoms with Crippen molar-refractivity contribution in [1.29, 1.82) is 0 Å². The van der Waals surface area contributed by atoms with Crippen LogP contribution in [0.3, 0.4) is 0 Å². The van der Waals surface area contributed by atoms with Gasteiger partial charge in [0.05, 0.1) is 0 Å². The van der Waals surface area contributed by atoms with E-state index in [1.165, 1.54) is 225 Å². The summed E-state index contributed by atoms with van der Waals surface area (Å²) in [6.07, 6.45) is 80.9. The Morgan fingerprint density at radius 2 is 0.480 bits per heavy atom. The molecule has 0 heterocycles. The van der Waals surface area contributed by atoms with Gasteiger partial charge in [0.2, 0.25) is 0 Å². The van der Waals surface area contributed by atoms with Gasteiger partial charge in [-0.2, -0.15) is 0 Å². The second-order valence-electron chi connectivity index (χ2n) is 22.0. The van der Waals surface area contributed by atoms with Gasteiger partial charge in [-0.1, -0.05) is 274 Å². The maximum atomic E-state index is 12.9. The Morgan fingerprint density at radius 3 is 0.787 bits per heavy atom. The zero-order valence-electron chi connectivity index (χ0n) is 50.1. The van der Waals surface area contributed by atoms with Crippen LogP contribution in [0.2, 0.25) is 0 Å². The molecule has 1 unspecified atom stereocenters. The molecule has 0 radical (unpaired) electrons. The lowest BCUT2D eigenvalue weighted by Crippen LogP contribution is -2.30. The van der Waals surface area contributed by atoms with E-state index in [9.17, 15) is 14.4 Å². The van der Waals surface area contributed by atoms with Crippen molar-refractivity contribution in [3.8, 4) is 0 Å². The molecule has 0 bridgehead atoms. The van der Waals surface area contributed by atoms with E-state index in [1.54, 1.807) is 0 Å². The summed E-state index contributed by atoms with van der Waals surface area (Å²) < 4.78 is 16.9. The van der Waals surface area contributed by atoms with Crippen molar-refractivity contribution in [3.05, 3.63) is 60.8 Å². The van der Waals surface area contributed by atoms with E-state index in [1.807, 2.05) is 0 Å². The minimum absolute atomic E-state index is 0.0775. The molecule has 0 rings (SSSR count). The highest BCUT2D eigenvalue weighted by Crippen LogP contribution is 2.16. The predicted molar refractivity (Wildman–Crippen MR) is 325 cm³/mol. The summed E-state index contributed by atoms with van der Waals surface area (Å²) in [5.41, 5.74) is 0. The molecule has 0 aliphatic heterocycles. The third kappa shape index (κ3) is 61.8. The highest BCUT2D eigenvalue weighted by atomic mass is 16.6. The molecule has 0 saturated heterocycles. The Balaban J connectivity index is 4.25. The number of allylic oxidation sites excluding steroid dienone is 10. The number of carbonyl (C=O) groups is 3. The van der Waals surface area contributed by atoms with Crippen molar-refractivity contribution in [1.82, 2.24) is 0 Å². The Morgan fingerprint density at radius 1 is 0.267 bits per heavy atom. The molecule has 0 fully saturated rings. The molecule has 0 amide bonds. The maximum absolute atomic E-state index is 12.9. The molecule has 436 valence electrons. The average molecular weight is 1050 g/mol. The second kappa shape index (κ2) is 63.6. The van der Waals surface area contributed by atoms with Crippen LogP contribution in [0.4, 0.5) is 0 Å². The minimum atomic E-state index is -0.780. The van der Waals surface area contributed by atoms with Crippen LogP contribution in [0.5, 0.6) is 0 Å². The van der Waals surface area contributed by atoms with Crippen molar-refractivity contribution >= 4 is 17.9 Å². The Labute approximate surface area is 466 Å². The first-order chi connectivity index (χ1) is 37.0. The fourth-order valence-corrected chi connectivity index (χ4v) is 9.50. The molecule has 0 aliphatic rings. The largest absolute Gasteiger partial charge is 0.462 e. The lowest BCUT2D eigenvalue weighted by Gasteiger charge is -2.18. The second-order valence-corrected chi connectivity index (χ2v) is 22.0. The van der Waals surface area contributed by atoms with E-state index in [0.717, 1.165) is 77.0 Å². The lowest BCUT2D eigenvalue weighted by atomic mass is 10.0. The number of unbranched alkanes of at least 4 members (excludes halogenated alkanes) is 39. The van der Waals surface area contributed by atoms with E-state index in [4.69, 9.17) is 14.2 Å². The van der Waals surface area contributed by atoms with Crippen molar-refractivity contribution in [2.75, 3.05) is 13.2 Å². The summed E-state index contributed by atoms with van der Waals surface area (Å²) in [7, 11) is 0. The number of hydrogen-bond donors (Lipinski definition) is 0. The molecular formula is C69H124O6. The van der Waals surface area contributed by atoms with Gasteiger partial charge in [-0.3, -0.25) is 14.4 Å². The van der Waals surface area contributed by atoms with E-state index in [-0.39, 0.29) is 31.1 Å². The molecule has 1 atom stereocenters. The van der Waals surface area contributed by atoms with E-state index in [0.29, 0.717) is 19.3 Å². The Bertz CT molecular complexity index is 1340. The predicted octanol–water partition coefficient (Wildman–Crippen LogP) is 22.3. The molecular weight excluding hydrogens is 925 g/mol. The SMILES string of the molecule is CCCCC/C=C\CCCCCCCC(=O)OCC(COC(=O)CCCCCCCCCCCCCC/C=C\C/C=C\C/C=C\CCCCCCC)OC(=O)CCCCCCCCC/C=C\CCCCCCCCC. The first-order valence-corrected chi connectivity index (χ1v) is 32.8. The van der Waals surface area contributed by atoms with E-state index in [2.05, 4.69) is 81.5 Å². The monoisotopic (exact) mass is 1050 g/mol. The summed E-state index contributed by atoms with van der Waals surface area (Å²) in [6, 6.07) is 0. The summed E-state index contributed by atoms with van der Waals surface area (Å²) in [4.78, 5) is 38.3. The highest BCUT2D eigenvalue weighted by molar-refractivity contribution is 5.71. The molecule has 0 aliphatic carbocycles. The molecule has 0 aromatic rings. The van der Waals surface area contributed by atoms with Crippen LogP contribution in [0, 0.1) is 0 Å². The summed E-state index contributed by atoms with van der Waals surface area (Å²) in [5, 5.41) is 0. The van der Waals surface area contributed by atoms with Crippen molar-refractivity contribution in [3.63, 3.8) is 0 Å². The van der Waals surface area contributed by atoms with Crippen LogP contribution in [-0.2, 0) is 28.6 Å².